The van der Waals surface area contributed by atoms with Gasteiger partial charge in [0.1, 0.15) is 23.6 Å². The first-order valence-electron chi connectivity index (χ1n) is 16.5. The molecule has 1 unspecified atom stereocenters. The lowest BCUT2D eigenvalue weighted by molar-refractivity contribution is 0.0385. The van der Waals surface area contributed by atoms with E-state index in [4.69, 9.17) is 0 Å². The Bertz CT molecular complexity index is 1610. The molecule has 1 atom stereocenters. The number of carbonyl (C=O) groups excluding carboxylic acids is 1. The third-order valence-electron chi connectivity index (χ3n) is 9.98. The first kappa shape index (κ1) is 29.7. The minimum Gasteiger partial charge on any atom is -0.346 e. The van der Waals surface area contributed by atoms with Crippen LogP contribution in [0.4, 0.5) is 14.5 Å². The van der Waals surface area contributed by atoms with Gasteiger partial charge in [0.2, 0.25) is 0 Å². The van der Waals surface area contributed by atoms with E-state index in [0.29, 0.717) is 29.3 Å². The monoisotopic (exact) mass is 609 g/mol. The van der Waals surface area contributed by atoms with E-state index >= 15 is 4.39 Å². The van der Waals surface area contributed by atoms with Crippen molar-refractivity contribution in [3.8, 4) is 11.4 Å². The number of halogens is 2. The van der Waals surface area contributed by atoms with Crippen molar-refractivity contribution < 1.29 is 13.6 Å². The molecular formula is C37H41F2N5O. The van der Waals surface area contributed by atoms with Gasteiger partial charge in [-0.25, -0.2) is 13.8 Å². The van der Waals surface area contributed by atoms with Gasteiger partial charge in [0.05, 0.1) is 11.3 Å². The van der Waals surface area contributed by atoms with Crippen molar-refractivity contribution in [1.82, 2.24) is 19.4 Å². The van der Waals surface area contributed by atoms with Crippen molar-refractivity contribution in [2.45, 2.75) is 63.7 Å². The van der Waals surface area contributed by atoms with Crippen molar-refractivity contribution in [3.63, 3.8) is 0 Å². The van der Waals surface area contributed by atoms with Crippen molar-refractivity contribution in [2.75, 3.05) is 31.1 Å². The summed E-state index contributed by atoms with van der Waals surface area (Å²) < 4.78 is 32.5. The van der Waals surface area contributed by atoms with Crippen LogP contribution in [0.5, 0.6) is 0 Å². The van der Waals surface area contributed by atoms with Crippen molar-refractivity contribution >= 4 is 11.6 Å². The Morgan fingerprint density at radius 1 is 0.844 bits per heavy atom. The zero-order valence-corrected chi connectivity index (χ0v) is 25.7. The Morgan fingerprint density at radius 3 is 2.38 bits per heavy atom. The van der Waals surface area contributed by atoms with Gasteiger partial charge in [0.15, 0.2) is 0 Å². The summed E-state index contributed by atoms with van der Waals surface area (Å²) in [4.78, 5) is 25.4. The molecule has 2 aliphatic heterocycles. The third kappa shape index (κ3) is 6.12. The molecule has 0 radical (unpaired) electrons. The number of anilines is 1. The number of carbonyl (C=O) groups is 1. The van der Waals surface area contributed by atoms with E-state index < -0.39 is 6.17 Å². The molecule has 1 saturated heterocycles. The van der Waals surface area contributed by atoms with Crippen LogP contribution in [0, 0.1) is 17.6 Å². The van der Waals surface area contributed by atoms with E-state index in [1.807, 2.05) is 41.6 Å². The number of benzene rings is 3. The van der Waals surface area contributed by atoms with Crippen LogP contribution in [-0.2, 0) is 6.54 Å². The zero-order valence-electron chi connectivity index (χ0n) is 25.7. The minimum absolute atomic E-state index is 0.0408. The maximum absolute atomic E-state index is 15.6. The molecule has 8 heteroatoms. The summed E-state index contributed by atoms with van der Waals surface area (Å²) in [5.41, 5.74) is 2.70. The quantitative estimate of drug-likeness (QED) is 0.197. The smallest absolute Gasteiger partial charge is 0.258 e. The molecule has 1 amide bonds. The lowest BCUT2D eigenvalue weighted by Crippen LogP contribution is -2.57. The second-order valence-corrected chi connectivity index (χ2v) is 12.8. The normalized spacial score (nSPS) is 19.8. The van der Waals surface area contributed by atoms with E-state index in [0.717, 1.165) is 69.7 Å². The Labute approximate surface area is 264 Å². The molecule has 4 aromatic rings. The molecule has 1 saturated carbocycles. The summed E-state index contributed by atoms with van der Waals surface area (Å²) in [5.74, 6) is 0.583. The van der Waals surface area contributed by atoms with Gasteiger partial charge in [-0.05, 0) is 68.8 Å². The number of aryl methyl sites for hydroxylation is 1. The second-order valence-electron chi connectivity index (χ2n) is 12.8. The van der Waals surface area contributed by atoms with Gasteiger partial charge in [-0.1, -0.05) is 61.4 Å². The van der Waals surface area contributed by atoms with Crippen LogP contribution < -0.4 is 4.90 Å². The highest BCUT2D eigenvalue weighted by Crippen LogP contribution is 2.44. The molecular weight excluding hydrogens is 568 g/mol. The highest BCUT2D eigenvalue weighted by molar-refractivity contribution is 6.02. The van der Waals surface area contributed by atoms with E-state index in [2.05, 4.69) is 31.5 Å². The first-order valence-corrected chi connectivity index (χ1v) is 16.5. The van der Waals surface area contributed by atoms with Gasteiger partial charge in [-0.3, -0.25) is 4.79 Å². The number of nitrogens with zero attached hydrogens (tertiary/aromatic N) is 5. The molecule has 1 aromatic heterocycles. The molecule has 234 valence electrons. The van der Waals surface area contributed by atoms with Crippen LogP contribution >= 0.6 is 0 Å². The molecule has 6 nitrogen and oxygen atoms in total. The Morgan fingerprint density at radius 2 is 1.60 bits per heavy atom. The van der Waals surface area contributed by atoms with Gasteiger partial charge < -0.3 is 19.3 Å². The number of hydrogen-bond donors (Lipinski definition) is 0. The number of hydrogen-bond acceptors (Lipinski definition) is 4. The Hall–Kier alpha value is -4.04. The Balaban J connectivity index is 1.09. The van der Waals surface area contributed by atoms with Crippen LogP contribution in [0.2, 0.25) is 0 Å². The fraction of sp³-hybridized carbons (Fsp3) is 0.405. The molecule has 3 aliphatic rings. The standard InChI is InChI=1S/C37H41F2N5O/c38-29-15-16-32-34(25-29)43(26-27-9-4-5-10-27)36(31-13-6-7-14-33(31)39)44(37(32)45)30-17-22-41(23-18-30)20-8-21-42-24-19-40-35(42)28-11-2-1-3-12-28/h1-3,6-7,11-16,19,24-25,27,30,36H,4-5,8-10,17-18,20-23,26H2. The number of aromatic nitrogens is 2. The summed E-state index contributed by atoms with van der Waals surface area (Å²) in [6.07, 6.45) is 10.5. The van der Waals surface area contributed by atoms with Crippen molar-refractivity contribution in [1.29, 1.82) is 0 Å². The number of rotatable bonds is 9. The topological polar surface area (TPSA) is 44.6 Å². The van der Waals surface area contributed by atoms with Crippen LogP contribution in [-0.4, -0.2) is 57.5 Å². The summed E-state index contributed by atoms with van der Waals surface area (Å²) in [6.45, 7) is 4.25. The maximum atomic E-state index is 15.6. The predicted molar refractivity (Wildman–Crippen MR) is 173 cm³/mol. The van der Waals surface area contributed by atoms with Crippen molar-refractivity contribution in [2.24, 2.45) is 5.92 Å². The fourth-order valence-electron chi connectivity index (χ4n) is 7.72. The van der Waals surface area contributed by atoms with Crippen LogP contribution in [0.15, 0.2) is 85.2 Å². The van der Waals surface area contributed by atoms with Gasteiger partial charge in [-0.15, -0.1) is 0 Å². The van der Waals surface area contributed by atoms with E-state index in [1.165, 1.54) is 31.0 Å². The summed E-state index contributed by atoms with van der Waals surface area (Å²) >= 11 is 0. The predicted octanol–water partition coefficient (Wildman–Crippen LogP) is 7.53. The van der Waals surface area contributed by atoms with Gasteiger partial charge in [-0.2, -0.15) is 0 Å². The highest BCUT2D eigenvalue weighted by atomic mass is 19.1. The molecule has 2 fully saturated rings. The zero-order chi connectivity index (χ0) is 30.8. The minimum atomic E-state index is -0.609. The Kier molecular flexibility index (Phi) is 8.66. The molecule has 0 spiro atoms. The summed E-state index contributed by atoms with van der Waals surface area (Å²) in [7, 11) is 0. The van der Waals surface area contributed by atoms with Crippen LogP contribution in [0.1, 0.15) is 67.0 Å². The van der Waals surface area contributed by atoms with Crippen LogP contribution in [0.3, 0.4) is 0 Å². The molecule has 3 aromatic carbocycles. The largest absolute Gasteiger partial charge is 0.346 e. The maximum Gasteiger partial charge on any atom is 0.258 e. The number of likely N-dealkylation sites (tertiary alicyclic amines) is 1. The number of amides is 1. The highest BCUT2D eigenvalue weighted by Gasteiger charge is 2.44. The SMILES string of the molecule is O=C1c2ccc(F)cc2N(CC2CCCC2)C(c2ccccc2F)N1C1CCN(CCCn2ccnc2-c2ccccc2)CC1. The molecule has 0 bridgehead atoms. The summed E-state index contributed by atoms with van der Waals surface area (Å²) in [6, 6.07) is 21.5. The molecule has 0 N–H and O–H groups in total. The summed E-state index contributed by atoms with van der Waals surface area (Å²) in [5, 5.41) is 0. The average Bonchev–Trinajstić information content (AvgIpc) is 3.76. The lowest BCUT2D eigenvalue weighted by atomic mass is 9.93. The van der Waals surface area contributed by atoms with E-state index in [9.17, 15) is 9.18 Å². The third-order valence-corrected chi connectivity index (χ3v) is 9.98. The number of imidazole rings is 1. The van der Waals surface area contributed by atoms with E-state index in [1.54, 1.807) is 18.2 Å². The molecule has 3 heterocycles. The van der Waals surface area contributed by atoms with Gasteiger partial charge in [0.25, 0.3) is 5.91 Å². The van der Waals surface area contributed by atoms with Crippen LogP contribution in [0.25, 0.3) is 11.4 Å². The van der Waals surface area contributed by atoms with E-state index in [-0.39, 0.29) is 23.6 Å². The molecule has 7 rings (SSSR count). The number of fused-ring (bicyclic) bond motifs is 1. The average molecular weight is 610 g/mol. The van der Waals surface area contributed by atoms with Crippen molar-refractivity contribution in [3.05, 3.63) is 108 Å². The second kappa shape index (κ2) is 13.1. The lowest BCUT2D eigenvalue weighted by Gasteiger charge is -2.51. The van der Waals surface area contributed by atoms with Gasteiger partial charge >= 0.3 is 0 Å². The number of piperidine rings is 1. The molecule has 1 aliphatic carbocycles. The molecule has 45 heavy (non-hydrogen) atoms. The van der Waals surface area contributed by atoms with Gasteiger partial charge in [0, 0.05) is 55.7 Å². The first-order chi connectivity index (χ1) is 22.1. The fourth-order valence-corrected chi connectivity index (χ4v) is 7.72.